The van der Waals surface area contributed by atoms with E-state index in [0.29, 0.717) is 29.8 Å². The monoisotopic (exact) mass is 559 g/mol. The van der Waals surface area contributed by atoms with Gasteiger partial charge in [-0.1, -0.05) is 18.2 Å². The Morgan fingerprint density at radius 1 is 1.05 bits per heavy atom. The van der Waals surface area contributed by atoms with Crippen molar-refractivity contribution in [3.8, 4) is 11.5 Å². The average Bonchev–Trinajstić information content (AvgIpc) is 3.23. The molecule has 9 nitrogen and oxygen atoms in total. The molecule has 212 valence electrons. The van der Waals surface area contributed by atoms with E-state index in [-0.39, 0.29) is 61.7 Å². The molecule has 3 heterocycles. The van der Waals surface area contributed by atoms with E-state index in [1.165, 1.54) is 23.1 Å². The van der Waals surface area contributed by atoms with Gasteiger partial charge in [0.2, 0.25) is 17.7 Å². The highest BCUT2D eigenvalue weighted by atomic mass is 19.4. The van der Waals surface area contributed by atoms with E-state index in [4.69, 9.17) is 4.74 Å². The highest BCUT2D eigenvalue weighted by Crippen LogP contribution is 2.31. The predicted octanol–water partition coefficient (Wildman–Crippen LogP) is 3.35. The first-order valence-corrected chi connectivity index (χ1v) is 13.1. The van der Waals surface area contributed by atoms with Gasteiger partial charge in [0.25, 0.3) is 5.91 Å². The zero-order valence-electron chi connectivity index (χ0n) is 21.5. The van der Waals surface area contributed by atoms with Gasteiger partial charge in [0.15, 0.2) is 0 Å². The maximum atomic E-state index is 13.2. The van der Waals surface area contributed by atoms with Crippen LogP contribution in [-0.2, 0) is 27.3 Å². The van der Waals surface area contributed by atoms with E-state index in [1.807, 2.05) is 0 Å². The van der Waals surface area contributed by atoms with Crippen molar-refractivity contribution in [3.63, 3.8) is 0 Å². The smallest absolute Gasteiger partial charge is 0.491 e. The summed E-state index contributed by atoms with van der Waals surface area (Å²) < 4.78 is 48.5. The predicted molar refractivity (Wildman–Crippen MR) is 134 cm³/mol. The van der Waals surface area contributed by atoms with Gasteiger partial charge in [-0.05, 0) is 55.5 Å². The minimum Gasteiger partial charge on any atom is -0.491 e. The number of hydrogen-bond acceptors (Lipinski definition) is 6. The van der Waals surface area contributed by atoms with Gasteiger partial charge in [0.1, 0.15) is 24.1 Å². The van der Waals surface area contributed by atoms with Crippen molar-refractivity contribution < 1.29 is 41.8 Å². The van der Waals surface area contributed by atoms with Crippen LogP contribution in [0.15, 0.2) is 42.5 Å². The number of amides is 4. The Bertz CT molecular complexity index is 1330. The summed E-state index contributed by atoms with van der Waals surface area (Å²) in [6, 6.07) is 9.65. The minimum absolute atomic E-state index is 0.152. The summed E-state index contributed by atoms with van der Waals surface area (Å²) in [6.45, 7) is 0.857. The Balaban J connectivity index is 1.22. The average molecular weight is 560 g/mol. The highest BCUT2D eigenvalue weighted by Gasteiger charge is 2.39. The number of rotatable bonds is 7. The molecule has 2 saturated heterocycles. The number of carbonyl (C=O) groups excluding carboxylic acids is 4. The molecular formula is C28H28F3N3O6. The number of likely N-dealkylation sites (tertiary alicyclic amines) is 1. The van der Waals surface area contributed by atoms with Gasteiger partial charge in [0, 0.05) is 30.6 Å². The molecule has 1 N–H and O–H groups in total. The molecule has 40 heavy (non-hydrogen) atoms. The molecule has 2 fully saturated rings. The fourth-order valence-electron chi connectivity index (χ4n) is 5.47. The van der Waals surface area contributed by atoms with E-state index in [9.17, 15) is 32.3 Å². The summed E-state index contributed by atoms with van der Waals surface area (Å²) in [4.78, 5) is 52.9. The maximum absolute atomic E-state index is 13.2. The molecule has 12 heteroatoms. The third kappa shape index (κ3) is 6.05. The van der Waals surface area contributed by atoms with Gasteiger partial charge in [-0.3, -0.25) is 24.5 Å². The fraction of sp³-hybridized carbons (Fsp3) is 0.429. The molecule has 3 aliphatic heterocycles. The molecule has 4 amide bonds. The van der Waals surface area contributed by atoms with Gasteiger partial charge in [0.05, 0.1) is 12.5 Å². The van der Waals surface area contributed by atoms with Gasteiger partial charge in [-0.15, -0.1) is 13.2 Å². The number of hydrogen-bond donors (Lipinski definition) is 1. The Morgan fingerprint density at radius 2 is 1.85 bits per heavy atom. The molecule has 2 aromatic rings. The van der Waals surface area contributed by atoms with E-state index in [1.54, 1.807) is 29.2 Å². The third-order valence-corrected chi connectivity index (χ3v) is 7.42. The zero-order valence-corrected chi connectivity index (χ0v) is 21.5. The van der Waals surface area contributed by atoms with Gasteiger partial charge >= 0.3 is 6.36 Å². The molecule has 0 aliphatic carbocycles. The van der Waals surface area contributed by atoms with Crippen LogP contribution in [-0.4, -0.2) is 65.0 Å². The lowest BCUT2D eigenvalue weighted by Crippen LogP contribution is -2.52. The number of halogens is 3. The number of alkyl halides is 3. The van der Waals surface area contributed by atoms with Crippen molar-refractivity contribution in [3.05, 3.63) is 59.2 Å². The second-order valence-electron chi connectivity index (χ2n) is 10.1. The van der Waals surface area contributed by atoms with Crippen LogP contribution in [0.5, 0.6) is 11.5 Å². The van der Waals surface area contributed by atoms with Crippen LogP contribution in [0.3, 0.4) is 0 Å². The van der Waals surface area contributed by atoms with Gasteiger partial charge in [-0.25, -0.2) is 0 Å². The molecule has 1 unspecified atom stereocenters. The minimum atomic E-state index is -4.86. The first-order valence-electron chi connectivity index (χ1n) is 13.1. The Hall–Kier alpha value is -4.09. The van der Waals surface area contributed by atoms with Crippen LogP contribution in [0.25, 0.3) is 0 Å². The van der Waals surface area contributed by atoms with Gasteiger partial charge < -0.3 is 19.3 Å². The van der Waals surface area contributed by atoms with Crippen molar-refractivity contribution in [2.24, 2.45) is 0 Å². The van der Waals surface area contributed by atoms with Crippen LogP contribution < -0.4 is 14.8 Å². The number of ether oxygens (including phenoxy) is 2. The number of para-hydroxylation sites is 1. The molecule has 0 radical (unpaired) electrons. The number of carbonyl (C=O) groups is 4. The lowest BCUT2D eigenvalue weighted by Gasteiger charge is -2.35. The standard InChI is InChI=1S/C28H28F3N3O6/c29-28(30,31)40-23-7-2-1-5-17(23)14-25(36)33-12-4-3-6-19(33)16-39-20-8-9-21-18(13-20)15-34(27(21)38)22-10-11-24(35)32-26(22)37/h1-2,5,7-9,13,19,22H,3-4,6,10-12,14-16H2,(H,32,35,37)/t19-,22?/m1/s1. The summed E-state index contributed by atoms with van der Waals surface area (Å²) >= 11 is 0. The molecule has 2 aromatic carbocycles. The first-order chi connectivity index (χ1) is 19.1. The molecule has 0 bridgehead atoms. The van der Waals surface area contributed by atoms with E-state index >= 15 is 0 Å². The molecule has 0 aromatic heterocycles. The summed E-state index contributed by atoms with van der Waals surface area (Å²) in [5.74, 6) is -1.33. The topological polar surface area (TPSA) is 105 Å². The largest absolute Gasteiger partial charge is 0.573 e. The fourth-order valence-corrected chi connectivity index (χ4v) is 5.47. The number of piperidine rings is 2. The summed E-state index contributed by atoms with van der Waals surface area (Å²) in [7, 11) is 0. The Kier molecular flexibility index (Phi) is 7.68. The summed E-state index contributed by atoms with van der Waals surface area (Å²) in [5, 5.41) is 2.28. The van der Waals surface area contributed by atoms with Crippen molar-refractivity contribution in [1.82, 2.24) is 15.1 Å². The first kappa shape index (κ1) is 27.5. The number of imide groups is 1. The number of benzene rings is 2. The Morgan fingerprint density at radius 3 is 2.62 bits per heavy atom. The Labute approximate surface area is 228 Å². The van der Waals surface area contributed by atoms with Crippen molar-refractivity contribution in [2.45, 2.75) is 63.5 Å². The van der Waals surface area contributed by atoms with E-state index in [2.05, 4.69) is 10.1 Å². The zero-order chi connectivity index (χ0) is 28.4. The van der Waals surface area contributed by atoms with Crippen molar-refractivity contribution in [1.29, 1.82) is 0 Å². The van der Waals surface area contributed by atoms with Crippen LogP contribution in [0, 0.1) is 0 Å². The molecule has 0 saturated carbocycles. The van der Waals surface area contributed by atoms with Crippen LogP contribution in [0.2, 0.25) is 0 Å². The van der Waals surface area contributed by atoms with E-state index in [0.717, 1.165) is 12.8 Å². The summed E-state index contributed by atoms with van der Waals surface area (Å²) in [5.41, 5.74) is 1.32. The normalized spacial score (nSPS) is 21.2. The lowest BCUT2D eigenvalue weighted by molar-refractivity contribution is -0.274. The molecular weight excluding hydrogens is 531 g/mol. The van der Waals surface area contributed by atoms with E-state index < -0.39 is 24.1 Å². The molecule has 0 spiro atoms. The van der Waals surface area contributed by atoms with Crippen molar-refractivity contribution >= 4 is 23.6 Å². The summed E-state index contributed by atoms with van der Waals surface area (Å²) in [6.07, 6.45) is -2.32. The second-order valence-corrected chi connectivity index (χ2v) is 10.1. The van der Waals surface area contributed by atoms with Crippen LogP contribution in [0.1, 0.15) is 53.6 Å². The van der Waals surface area contributed by atoms with Gasteiger partial charge in [-0.2, -0.15) is 0 Å². The van der Waals surface area contributed by atoms with Crippen LogP contribution in [0.4, 0.5) is 13.2 Å². The SMILES string of the molecule is O=C1CCC(N2Cc3cc(OC[C@H]4CCCCN4C(=O)Cc4ccccc4OC(F)(F)F)ccc3C2=O)C(=O)N1. The third-order valence-electron chi connectivity index (χ3n) is 7.42. The number of nitrogens with zero attached hydrogens (tertiary/aromatic N) is 2. The number of fused-ring (bicyclic) bond motifs is 1. The van der Waals surface area contributed by atoms with Crippen LogP contribution >= 0.6 is 0 Å². The number of nitrogens with one attached hydrogen (secondary N) is 1. The maximum Gasteiger partial charge on any atom is 0.573 e. The molecule has 5 rings (SSSR count). The lowest BCUT2D eigenvalue weighted by atomic mass is 10.0. The molecule has 2 atom stereocenters. The quantitative estimate of drug-likeness (QED) is 0.522. The van der Waals surface area contributed by atoms with Crippen molar-refractivity contribution in [2.75, 3.05) is 13.2 Å². The highest BCUT2D eigenvalue weighted by molar-refractivity contribution is 6.05. The second kappa shape index (κ2) is 11.2. The molecule has 3 aliphatic rings.